The first-order valence-corrected chi connectivity index (χ1v) is 8.18. The molecule has 0 spiro atoms. The van der Waals surface area contributed by atoms with Gasteiger partial charge in [-0.1, -0.05) is 0 Å². The van der Waals surface area contributed by atoms with Crippen LogP contribution in [0.1, 0.15) is 33.4 Å². The van der Waals surface area contributed by atoms with E-state index in [4.69, 9.17) is 4.74 Å². The first-order valence-electron chi connectivity index (χ1n) is 7.10. The van der Waals surface area contributed by atoms with Crippen LogP contribution in [0.5, 0.6) is 0 Å². The summed E-state index contributed by atoms with van der Waals surface area (Å²) in [5.41, 5.74) is 1.32. The van der Waals surface area contributed by atoms with Crippen molar-refractivity contribution in [2.24, 2.45) is 0 Å². The van der Waals surface area contributed by atoms with Gasteiger partial charge in [-0.2, -0.15) is 0 Å². The fourth-order valence-corrected chi connectivity index (χ4v) is 2.65. The largest absolute Gasteiger partial charge is 0.444 e. The average Bonchev–Trinajstić information content (AvgIpc) is 2.67. The third kappa shape index (κ3) is 4.59. The number of amides is 1. The Balaban J connectivity index is 2.02. The fraction of sp³-hybridized carbons (Fsp3) is 0.438. The van der Waals surface area contributed by atoms with Gasteiger partial charge in [0.15, 0.2) is 0 Å². The number of carbonyl (C=O) groups is 1. The lowest BCUT2D eigenvalue weighted by Crippen LogP contribution is -2.38. The van der Waals surface area contributed by atoms with E-state index in [0.717, 1.165) is 16.6 Å². The van der Waals surface area contributed by atoms with Crippen molar-refractivity contribution in [2.45, 2.75) is 45.8 Å². The smallest absolute Gasteiger partial charge is 0.407 e. The van der Waals surface area contributed by atoms with Crippen molar-refractivity contribution < 1.29 is 13.9 Å². The van der Waals surface area contributed by atoms with Crippen LogP contribution in [0.4, 0.5) is 9.18 Å². The second kappa shape index (κ2) is 6.44. The number of alkyl carbamates (subject to hydrolysis) is 1. The Labute approximate surface area is 142 Å². The van der Waals surface area contributed by atoms with Crippen LogP contribution >= 0.6 is 22.6 Å². The molecule has 1 aromatic carbocycles. The third-order valence-corrected chi connectivity index (χ3v) is 3.83. The first kappa shape index (κ1) is 17.1. The van der Waals surface area contributed by atoms with E-state index in [0.29, 0.717) is 9.99 Å². The molecule has 1 amide bonds. The van der Waals surface area contributed by atoms with Gasteiger partial charge in [-0.15, -0.1) is 0 Å². The summed E-state index contributed by atoms with van der Waals surface area (Å²) in [7, 11) is 0. The number of halogens is 2. The molecule has 0 aliphatic carbocycles. The van der Waals surface area contributed by atoms with Crippen molar-refractivity contribution in [1.82, 2.24) is 10.3 Å². The van der Waals surface area contributed by atoms with E-state index in [1.165, 1.54) is 6.07 Å². The van der Waals surface area contributed by atoms with Gasteiger partial charge in [0.25, 0.3) is 0 Å². The molecular formula is C16H20FIN2O2. The molecule has 0 fully saturated rings. The zero-order chi connectivity index (χ0) is 16.5. The highest BCUT2D eigenvalue weighted by Crippen LogP contribution is 2.22. The highest BCUT2D eigenvalue weighted by molar-refractivity contribution is 14.1. The summed E-state index contributed by atoms with van der Waals surface area (Å²) < 4.78 is 19.4. The molecule has 1 atom stereocenters. The molecule has 0 aliphatic rings. The van der Waals surface area contributed by atoms with Gasteiger partial charge in [-0.25, -0.2) is 9.18 Å². The van der Waals surface area contributed by atoms with Crippen LogP contribution in [-0.2, 0) is 11.2 Å². The molecule has 2 N–H and O–H groups in total. The Kier molecular flexibility index (Phi) is 4.99. The standard InChI is InChI=1S/C16H20FIN2O2/c1-9(19-15(21)22-16(2,3)4)5-11-6-10-7-12(17)13(18)8-14(10)20-11/h6-9,20H,5H2,1-4H3,(H,19,21)/t9-/m0/s1. The Morgan fingerprint density at radius 1 is 1.41 bits per heavy atom. The lowest BCUT2D eigenvalue weighted by atomic mass is 10.1. The van der Waals surface area contributed by atoms with Crippen LogP contribution in [0, 0.1) is 9.39 Å². The maximum atomic E-state index is 13.6. The molecule has 2 aromatic rings. The van der Waals surface area contributed by atoms with Gasteiger partial charge in [-0.3, -0.25) is 0 Å². The fourth-order valence-electron chi connectivity index (χ4n) is 2.19. The number of rotatable bonds is 3. The molecule has 0 radical (unpaired) electrons. The molecule has 6 heteroatoms. The minimum Gasteiger partial charge on any atom is -0.444 e. The van der Waals surface area contributed by atoms with Gasteiger partial charge < -0.3 is 15.0 Å². The molecule has 0 saturated carbocycles. The van der Waals surface area contributed by atoms with Gasteiger partial charge in [0.2, 0.25) is 0 Å². The Morgan fingerprint density at radius 2 is 2.09 bits per heavy atom. The summed E-state index contributed by atoms with van der Waals surface area (Å²) in [5, 5.41) is 3.63. The molecule has 2 rings (SSSR count). The monoisotopic (exact) mass is 418 g/mol. The van der Waals surface area contributed by atoms with E-state index in [1.807, 2.05) is 56.4 Å². The number of nitrogens with one attached hydrogen (secondary N) is 2. The highest BCUT2D eigenvalue weighted by Gasteiger charge is 2.18. The number of benzene rings is 1. The number of H-pyrrole nitrogens is 1. The van der Waals surface area contributed by atoms with Crippen molar-refractivity contribution in [3.05, 3.63) is 33.3 Å². The predicted octanol–water partition coefficient (Wildman–Crippen LogP) is 4.37. The topological polar surface area (TPSA) is 54.1 Å². The van der Waals surface area contributed by atoms with Gasteiger partial charge in [0.05, 0.1) is 3.57 Å². The van der Waals surface area contributed by atoms with Crippen LogP contribution in [0.15, 0.2) is 18.2 Å². The molecule has 1 aromatic heterocycles. The van der Waals surface area contributed by atoms with E-state index in [2.05, 4.69) is 10.3 Å². The number of fused-ring (bicyclic) bond motifs is 1. The Bertz CT molecular complexity index is 652. The number of carbonyl (C=O) groups excluding carboxylic acids is 1. The second-order valence-electron chi connectivity index (χ2n) is 6.40. The summed E-state index contributed by atoms with van der Waals surface area (Å²) in [6, 6.07) is 5.11. The summed E-state index contributed by atoms with van der Waals surface area (Å²) in [6.45, 7) is 7.38. The number of aromatic nitrogens is 1. The minimum absolute atomic E-state index is 0.0909. The summed E-state index contributed by atoms with van der Waals surface area (Å²) in [4.78, 5) is 15.0. The number of ether oxygens (including phenoxy) is 1. The lowest BCUT2D eigenvalue weighted by Gasteiger charge is -2.21. The maximum absolute atomic E-state index is 13.6. The third-order valence-electron chi connectivity index (χ3n) is 3.01. The normalized spacial score (nSPS) is 13.2. The van der Waals surface area contributed by atoms with Crippen molar-refractivity contribution in [2.75, 3.05) is 0 Å². The van der Waals surface area contributed by atoms with Gasteiger partial charge in [0, 0.05) is 29.1 Å². The molecule has 0 bridgehead atoms. The molecule has 0 aliphatic heterocycles. The summed E-state index contributed by atoms with van der Waals surface area (Å²) in [5.74, 6) is -0.224. The van der Waals surface area contributed by atoms with Crippen LogP contribution in [0.25, 0.3) is 10.9 Å². The van der Waals surface area contributed by atoms with Crippen LogP contribution in [0.2, 0.25) is 0 Å². The second-order valence-corrected chi connectivity index (χ2v) is 7.56. The summed E-state index contributed by atoms with van der Waals surface area (Å²) in [6.07, 6.45) is 0.184. The van der Waals surface area contributed by atoms with Crippen molar-refractivity contribution in [3.8, 4) is 0 Å². The van der Waals surface area contributed by atoms with E-state index >= 15 is 0 Å². The molecule has 1 heterocycles. The zero-order valence-electron chi connectivity index (χ0n) is 13.1. The molecule has 120 valence electrons. The minimum atomic E-state index is -0.515. The number of hydrogen-bond acceptors (Lipinski definition) is 2. The number of hydrogen-bond donors (Lipinski definition) is 2. The maximum Gasteiger partial charge on any atom is 0.407 e. The Morgan fingerprint density at radius 3 is 2.73 bits per heavy atom. The summed E-state index contributed by atoms with van der Waals surface area (Å²) >= 11 is 1.97. The highest BCUT2D eigenvalue weighted by atomic mass is 127. The van der Waals surface area contributed by atoms with Crippen molar-refractivity contribution in [3.63, 3.8) is 0 Å². The predicted molar refractivity (Wildman–Crippen MR) is 93.5 cm³/mol. The molecule has 22 heavy (non-hydrogen) atoms. The van der Waals surface area contributed by atoms with Crippen LogP contribution in [-0.4, -0.2) is 22.7 Å². The van der Waals surface area contributed by atoms with Crippen molar-refractivity contribution in [1.29, 1.82) is 0 Å². The zero-order valence-corrected chi connectivity index (χ0v) is 15.2. The molecular weight excluding hydrogens is 398 g/mol. The molecule has 4 nitrogen and oxygen atoms in total. The SMILES string of the molecule is C[C@@H](Cc1cc2cc(F)c(I)cc2[nH]1)NC(=O)OC(C)(C)C. The van der Waals surface area contributed by atoms with Gasteiger partial charge >= 0.3 is 6.09 Å². The van der Waals surface area contributed by atoms with E-state index < -0.39 is 11.7 Å². The Hall–Kier alpha value is -1.31. The quantitative estimate of drug-likeness (QED) is 0.728. The van der Waals surface area contributed by atoms with Crippen LogP contribution < -0.4 is 5.32 Å². The van der Waals surface area contributed by atoms with E-state index in [9.17, 15) is 9.18 Å². The van der Waals surface area contributed by atoms with Gasteiger partial charge in [0.1, 0.15) is 11.4 Å². The molecule has 0 unspecified atom stereocenters. The average molecular weight is 418 g/mol. The lowest BCUT2D eigenvalue weighted by molar-refractivity contribution is 0.0508. The van der Waals surface area contributed by atoms with E-state index in [1.54, 1.807) is 6.07 Å². The van der Waals surface area contributed by atoms with E-state index in [-0.39, 0.29) is 11.9 Å². The number of aromatic amines is 1. The molecule has 0 saturated heterocycles. The first-order chi connectivity index (χ1) is 10.1. The van der Waals surface area contributed by atoms with Crippen molar-refractivity contribution >= 4 is 39.6 Å². The van der Waals surface area contributed by atoms with Crippen LogP contribution in [0.3, 0.4) is 0 Å². The van der Waals surface area contributed by atoms with Gasteiger partial charge in [-0.05, 0) is 68.5 Å².